The van der Waals surface area contributed by atoms with Gasteiger partial charge >= 0.3 is 0 Å². The number of benzene rings is 1. The van der Waals surface area contributed by atoms with Gasteiger partial charge in [0, 0.05) is 31.7 Å². The second kappa shape index (κ2) is 6.64. The molecule has 0 spiro atoms. The molecule has 0 bridgehead atoms. The van der Waals surface area contributed by atoms with Gasteiger partial charge in [0.1, 0.15) is 13.2 Å². The number of nitrogens with zero attached hydrogens (tertiary/aromatic N) is 2. The highest BCUT2D eigenvalue weighted by Gasteiger charge is 2.23. The normalized spacial score (nSPS) is 22.5. The third-order valence-corrected chi connectivity index (χ3v) is 3.83. The van der Waals surface area contributed by atoms with Crippen molar-refractivity contribution in [2.45, 2.75) is 12.6 Å². The summed E-state index contributed by atoms with van der Waals surface area (Å²) in [6.45, 7) is 5.85. The minimum absolute atomic E-state index is 0.283. The maximum absolute atomic E-state index is 5.83. The lowest BCUT2D eigenvalue weighted by atomic mass is 10.1. The van der Waals surface area contributed by atoms with Crippen molar-refractivity contribution < 1.29 is 14.2 Å². The minimum Gasteiger partial charge on any atom is -0.486 e. The Morgan fingerprint density at radius 2 is 2.05 bits per heavy atom. The van der Waals surface area contributed by atoms with Crippen molar-refractivity contribution in [3.63, 3.8) is 0 Å². The molecule has 2 heterocycles. The van der Waals surface area contributed by atoms with E-state index in [0.717, 1.165) is 44.3 Å². The number of ether oxygens (including phenoxy) is 3. The van der Waals surface area contributed by atoms with E-state index in [2.05, 4.69) is 30.0 Å². The van der Waals surface area contributed by atoms with E-state index in [9.17, 15) is 0 Å². The summed E-state index contributed by atoms with van der Waals surface area (Å²) in [6, 6.07) is 6.15. The van der Waals surface area contributed by atoms with E-state index in [1.165, 1.54) is 5.56 Å². The molecule has 1 fully saturated rings. The Balaban J connectivity index is 1.66. The van der Waals surface area contributed by atoms with Gasteiger partial charge in [0.05, 0.1) is 12.7 Å². The molecule has 0 amide bonds. The summed E-state index contributed by atoms with van der Waals surface area (Å²) in [5, 5.41) is 0. The van der Waals surface area contributed by atoms with E-state index in [4.69, 9.17) is 14.2 Å². The molecule has 116 valence electrons. The number of rotatable bonds is 4. The molecule has 2 aliphatic rings. The molecule has 0 unspecified atom stereocenters. The van der Waals surface area contributed by atoms with Crippen LogP contribution in [0.15, 0.2) is 18.2 Å². The number of para-hydroxylation sites is 1. The quantitative estimate of drug-likeness (QED) is 0.833. The smallest absolute Gasteiger partial charge is 0.165 e. The molecule has 1 atom stereocenters. The lowest BCUT2D eigenvalue weighted by Gasteiger charge is -2.34. The number of hydrogen-bond donors (Lipinski definition) is 0. The first kappa shape index (κ1) is 14.6. The van der Waals surface area contributed by atoms with Crippen LogP contribution >= 0.6 is 0 Å². The van der Waals surface area contributed by atoms with Crippen molar-refractivity contribution in [3.05, 3.63) is 23.8 Å². The lowest BCUT2D eigenvalue weighted by molar-refractivity contribution is -0.0409. The van der Waals surface area contributed by atoms with Crippen molar-refractivity contribution in [1.29, 1.82) is 0 Å². The Bertz CT molecular complexity index is 479. The number of likely N-dealkylation sites (N-methyl/N-ethyl adjacent to an activating group) is 1. The fraction of sp³-hybridized carbons (Fsp3) is 0.625. The summed E-state index contributed by atoms with van der Waals surface area (Å²) in [5.41, 5.74) is 1.21. The van der Waals surface area contributed by atoms with Crippen molar-refractivity contribution in [2.24, 2.45) is 0 Å². The van der Waals surface area contributed by atoms with Crippen LogP contribution in [0.4, 0.5) is 0 Å². The number of hydrogen-bond acceptors (Lipinski definition) is 5. The van der Waals surface area contributed by atoms with Gasteiger partial charge in [-0.15, -0.1) is 0 Å². The van der Waals surface area contributed by atoms with E-state index in [1.807, 2.05) is 12.1 Å². The van der Waals surface area contributed by atoms with Crippen molar-refractivity contribution >= 4 is 0 Å². The van der Waals surface area contributed by atoms with E-state index in [1.54, 1.807) is 0 Å². The molecule has 1 aromatic rings. The van der Waals surface area contributed by atoms with Gasteiger partial charge in [0.25, 0.3) is 0 Å². The Morgan fingerprint density at radius 1 is 1.19 bits per heavy atom. The Hall–Kier alpha value is -1.30. The molecule has 21 heavy (non-hydrogen) atoms. The van der Waals surface area contributed by atoms with Gasteiger partial charge in [-0.1, -0.05) is 12.1 Å². The van der Waals surface area contributed by atoms with Crippen LogP contribution in [-0.2, 0) is 11.3 Å². The lowest BCUT2D eigenvalue weighted by Crippen LogP contribution is -2.46. The van der Waals surface area contributed by atoms with Crippen LogP contribution in [0.2, 0.25) is 0 Å². The molecule has 0 aliphatic carbocycles. The molecule has 1 aromatic carbocycles. The first-order valence-corrected chi connectivity index (χ1v) is 7.58. The fourth-order valence-electron chi connectivity index (χ4n) is 2.94. The van der Waals surface area contributed by atoms with Gasteiger partial charge in [-0.05, 0) is 20.2 Å². The number of morpholine rings is 1. The highest BCUT2D eigenvalue weighted by molar-refractivity contribution is 5.47. The van der Waals surface area contributed by atoms with Crippen molar-refractivity contribution in [3.8, 4) is 11.5 Å². The van der Waals surface area contributed by atoms with Gasteiger partial charge in [0.2, 0.25) is 0 Å². The van der Waals surface area contributed by atoms with Crippen LogP contribution in [0.3, 0.4) is 0 Å². The largest absolute Gasteiger partial charge is 0.486 e. The average molecular weight is 292 g/mol. The molecule has 2 aliphatic heterocycles. The third kappa shape index (κ3) is 3.67. The zero-order chi connectivity index (χ0) is 14.7. The van der Waals surface area contributed by atoms with Gasteiger partial charge in [-0.3, -0.25) is 4.90 Å². The number of fused-ring (bicyclic) bond motifs is 1. The highest BCUT2D eigenvalue weighted by Crippen LogP contribution is 2.34. The molecular weight excluding hydrogens is 268 g/mol. The first-order chi connectivity index (χ1) is 10.2. The van der Waals surface area contributed by atoms with Crippen molar-refractivity contribution in [2.75, 3.05) is 53.6 Å². The molecule has 5 nitrogen and oxygen atoms in total. The minimum atomic E-state index is 0.283. The van der Waals surface area contributed by atoms with Gasteiger partial charge in [-0.2, -0.15) is 0 Å². The van der Waals surface area contributed by atoms with Gasteiger partial charge in [0.15, 0.2) is 11.5 Å². The van der Waals surface area contributed by atoms with Crippen LogP contribution < -0.4 is 9.47 Å². The molecule has 3 rings (SSSR count). The second-order valence-electron chi connectivity index (χ2n) is 5.93. The summed E-state index contributed by atoms with van der Waals surface area (Å²) >= 11 is 0. The molecule has 0 N–H and O–H groups in total. The predicted octanol–water partition coefficient (Wildman–Crippen LogP) is 1.22. The highest BCUT2D eigenvalue weighted by atomic mass is 16.6. The van der Waals surface area contributed by atoms with Crippen LogP contribution in [0.5, 0.6) is 11.5 Å². The zero-order valence-electron chi connectivity index (χ0n) is 12.9. The van der Waals surface area contributed by atoms with Crippen molar-refractivity contribution in [1.82, 2.24) is 9.80 Å². The Kier molecular flexibility index (Phi) is 4.63. The van der Waals surface area contributed by atoms with Gasteiger partial charge in [-0.25, -0.2) is 0 Å². The summed E-state index contributed by atoms with van der Waals surface area (Å²) in [6.07, 6.45) is 0.283. The summed E-state index contributed by atoms with van der Waals surface area (Å²) < 4.78 is 17.3. The zero-order valence-corrected chi connectivity index (χ0v) is 12.9. The maximum Gasteiger partial charge on any atom is 0.165 e. The molecular formula is C16H24N2O3. The molecule has 1 saturated heterocycles. The van der Waals surface area contributed by atoms with Gasteiger partial charge < -0.3 is 19.1 Å². The second-order valence-corrected chi connectivity index (χ2v) is 5.93. The van der Waals surface area contributed by atoms with E-state index in [0.29, 0.717) is 13.2 Å². The monoisotopic (exact) mass is 292 g/mol. The summed E-state index contributed by atoms with van der Waals surface area (Å²) in [5.74, 6) is 1.79. The van der Waals surface area contributed by atoms with E-state index >= 15 is 0 Å². The third-order valence-electron chi connectivity index (χ3n) is 3.83. The summed E-state index contributed by atoms with van der Waals surface area (Å²) in [4.78, 5) is 4.61. The maximum atomic E-state index is 5.83. The van der Waals surface area contributed by atoms with E-state index in [-0.39, 0.29) is 6.10 Å². The topological polar surface area (TPSA) is 34.2 Å². The summed E-state index contributed by atoms with van der Waals surface area (Å²) in [7, 11) is 4.17. The molecule has 5 heteroatoms. The van der Waals surface area contributed by atoms with Crippen LogP contribution in [0.25, 0.3) is 0 Å². The SMILES string of the molecule is CN(C)C[C@@H]1CN(Cc2cccc3c2OCCO3)CCO1. The predicted molar refractivity (Wildman–Crippen MR) is 81.0 cm³/mol. The fourth-order valence-corrected chi connectivity index (χ4v) is 2.94. The van der Waals surface area contributed by atoms with Crippen LogP contribution in [0.1, 0.15) is 5.56 Å². The van der Waals surface area contributed by atoms with Crippen LogP contribution in [0, 0.1) is 0 Å². The molecule has 0 aromatic heterocycles. The Morgan fingerprint density at radius 3 is 2.90 bits per heavy atom. The molecule has 0 radical (unpaired) electrons. The molecule has 0 saturated carbocycles. The Labute approximate surface area is 126 Å². The standard InChI is InChI=1S/C16H24N2O3/c1-17(2)11-14-12-18(6-7-19-14)10-13-4-3-5-15-16(13)21-9-8-20-15/h3-5,14H,6-12H2,1-2H3/t14-/m1/s1. The van der Waals surface area contributed by atoms with Crippen LogP contribution in [-0.4, -0.2) is 69.5 Å². The first-order valence-electron chi connectivity index (χ1n) is 7.58. The van der Waals surface area contributed by atoms with E-state index < -0.39 is 0 Å². The average Bonchev–Trinajstić information content (AvgIpc) is 2.47.